The Bertz CT molecular complexity index is 194. The van der Waals surface area contributed by atoms with E-state index in [2.05, 4.69) is 5.32 Å². The molecule has 0 unspecified atom stereocenters. The Hall–Kier alpha value is -1.22. The molecule has 60 valence electrons. The molecule has 0 fully saturated rings. The molecule has 1 rings (SSSR count). The van der Waals surface area contributed by atoms with Crippen LogP contribution in [0.5, 0.6) is 0 Å². The SMILES string of the molecule is OCCOC1=CC=CC=CN1. The number of allylic oxidation sites excluding steroid dienone is 4. The van der Waals surface area contributed by atoms with E-state index in [4.69, 9.17) is 9.84 Å². The lowest BCUT2D eigenvalue weighted by molar-refractivity contribution is 0.137. The van der Waals surface area contributed by atoms with Crippen molar-refractivity contribution in [2.24, 2.45) is 0 Å². The molecule has 0 spiro atoms. The van der Waals surface area contributed by atoms with E-state index in [0.29, 0.717) is 12.5 Å². The maximum atomic E-state index is 8.45. The minimum Gasteiger partial charge on any atom is -0.477 e. The van der Waals surface area contributed by atoms with Gasteiger partial charge in [0.05, 0.1) is 6.61 Å². The first-order valence-corrected chi connectivity index (χ1v) is 3.47. The lowest BCUT2D eigenvalue weighted by Crippen LogP contribution is -2.10. The van der Waals surface area contributed by atoms with E-state index in [1.54, 1.807) is 12.3 Å². The second-order valence-electron chi connectivity index (χ2n) is 1.99. The number of rotatable bonds is 3. The third kappa shape index (κ3) is 2.91. The van der Waals surface area contributed by atoms with Crippen LogP contribution in [-0.4, -0.2) is 18.3 Å². The summed E-state index contributed by atoms with van der Waals surface area (Å²) in [6.07, 6.45) is 9.19. The molecule has 3 heteroatoms. The number of aliphatic hydroxyl groups excluding tert-OH is 1. The van der Waals surface area contributed by atoms with Crippen LogP contribution in [0.15, 0.2) is 36.4 Å². The van der Waals surface area contributed by atoms with Gasteiger partial charge in [-0.3, -0.25) is 0 Å². The van der Waals surface area contributed by atoms with Gasteiger partial charge in [0, 0.05) is 6.20 Å². The van der Waals surface area contributed by atoms with Crippen molar-refractivity contribution in [3.63, 3.8) is 0 Å². The molecule has 1 heterocycles. The third-order valence-electron chi connectivity index (χ3n) is 1.14. The van der Waals surface area contributed by atoms with Crippen molar-refractivity contribution in [2.75, 3.05) is 13.2 Å². The van der Waals surface area contributed by atoms with Crippen LogP contribution >= 0.6 is 0 Å². The van der Waals surface area contributed by atoms with Crippen LogP contribution in [0.25, 0.3) is 0 Å². The Morgan fingerprint density at radius 3 is 3.09 bits per heavy atom. The lowest BCUT2D eigenvalue weighted by atomic mass is 10.5. The Morgan fingerprint density at radius 2 is 2.27 bits per heavy atom. The molecule has 0 saturated carbocycles. The van der Waals surface area contributed by atoms with Crippen LogP contribution in [0.3, 0.4) is 0 Å². The van der Waals surface area contributed by atoms with Gasteiger partial charge >= 0.3 is 0 Å². The van der Waals surface area contributed by atoms with Gasteiger partial charge in [-0.25, -0.2) is 0 Å². The van der Waals surface area contributed by atoms with Crippen molar-refractivity contribution in [3.8, 4) is 0 Å². The first kappa shape index (κ1) is 7.88. The highest BCUT2D eigenvalue weighted by atomic mass is 16.5. The van der Waals surface area contributed by atoms with Gasteiger partial charge in [0.25, 0.3) is 0 Å². The molecule has 11 heavy (non-hydrogen) atoms. The van der Waals surface area contributed by atoms with Crippen LogP contribution in [0, 0.1) is 0 Å². The molecular formula is C8H11NO2. The molecule has 0 saturated heterocycles. The fraction of sp³-hybridized carbons (Fsp3) is 0.250. The predicted molar refractivity (Wildman–Crippen MR) is 42.5 cm³/mol. The predicted octanol–water partition coefficient (Wildman–Crippen LogP) is 0.510. The van der Waals surface area contributed by atoms with E-state index < -0.39 is 0 Å². The van der Waals surface area contributed by atoms with Crippen LogP contribution in [0.2, 0.25) is 0 Å². The van der Waals surface area contributed by atoms with E-state index >= 15 is 0 Å². The number of aliphatic hydroxyl groups is 1. The molecule has 1 aliphatic heterocycles. The summed E-state index contributed by atoms with van der Waals surface area (Å²) >= 11 is 0. The van der Waals surface area contributed by atoms with Gasteiger partial charge in [-0.2, -0.15) is 0 Å². The van der Waals surface area contributed by atoms with Gasteiger partial charge in [0.1, 0.15) is 6.61 Å². The van der Waals surface area contributed by atoms with Crippen molar-refractivity contribution < 1.29 is 9.84 Å². The first-order chi connectivity index (χ1) is 5.43. The maximum Gasteiger partial charge on any atom is 0.190 e. The van der Waals surface area contributed by atoms with Crippen molar-refractivity contribution in [2.45, 2.75) is 0 Å². The van der Waals surface area contributed by atoms with E-state index in [9.17, 15) is 0 Å². The number of hydrogen-bond donors (Lipinski definition) is 2. The zero-order valence-corrected chi connectivity index (χ0v) is 6.16. The molecule has 2 N–H and O–H groups in total. The van der Waals surface area contributed by atoms with Crippen molar-refractivity contribution in [1.82, 2.24) is 5.32 Å². The molecular weight excluding hydrogens is 142 g/mol. The van der Waals surface area contributed by atoms with E-state index in [-0.39, 0.29) is 6.61 Å². The summed E-state index contributed by atoms with van der Waals surface area (Å²) in [4.78, 5) is 0. The Balaban J connectivity index is 2.38. The Kier molecular flexibility index (Phi) is 3.28. The zero-order chi connectivity index (χ0) is 7.94. The molecule has 0 radical (unpaired) electrons. The third-order valence-corrected chi connectivity index (χ3v) is 1.14. The lowest BCUT2D eigenvalue weighted by Gasteiger charge is -2.06. The van der Waals surface area contributed by atoms with Crippen LogP contribution in [-0.2, 0) is 4.74 Å². The van der Waals surface area contributed by atoms with Gasteiger partial charge < -0.3 is 15.2 Å². The minimum atomic E-state index is 0.0342. The Morgan fingerprint density at radius 1 is 1.36 bits per heavy atom. The van der Waals surface area contributed by atoms with Gasteiger partial charge in [0.2, 0.25) is 0 Å². The standard InChI is InChI=1S/C8H11NO2/c10-6-7-11-8-4-2-1-3-5-9-8/h1-5,9-10H,6-7H2. The largest absolute Gasteiger partial charge is 0.477 e. The quantitative estimate of drug-likeness (QED) is 0.620. The summed E-state index contributed by atoms with van der Waals surface area (Å²) in [5.74, 6) is 0.657. The molecule has 3 nitrogen and oxygen atoms in total. The first-order valence-electron chi connectivity index (χ1n) is 3.47. The fourth-order valence-corrected chi connectivity index (χ4v) is 0.686. The normalized spacial score (nSPS) is 15.2. The van der Waals surface area contributed by atoms with E-state index in [1.807, 2.05) is 18.2 Å². The molecule has 0 aliphatic carbocycles. The molecule has 0 bridgehead atoms. The number of ether oxygens (including phenoxy) is 1. The highest BCUT2D eigenvalue weighted by Gasteiger charge is 1.92. The molecule has 0 aromatic rings. The van der Waals surface area contributed by atoms with Gasteiger partial charge in [-0.15, -0.1) is 0 Å². The summed E-state index contributed by atoms with van der Waals surface area (Å²) in [7, 11) is 0. The highest BCUT2D eigenvalue weighted by Crippen LogP contribution is 1.96. The summed E-state index contributed by atoms with van der Waals surface area (Å²) in [6.45, 7) is 0.354. The average Bonchev–Trinajstić information content (AvgIpc) is 2.28. The summed E-state index contributed by atoms with van der Waals surface area (Å²) in [5.41, 5.74) is 0. The van der Waals surface area contributed by atoms with Gasteiger partial charge in [0.15, 0.2) is 5.88 Å². The minimum absolute atomic E-state index is 0.0342. The maximum absolute atomic E-state index is 8.45. The summed E-state index contributed by atoms with van der Waals surface area (Å²) in [6, 6.07) is 0. The molecule has 0 aromatic heterocycles. The number of hydrogen-bond acceptors (Lipinski definition) is 3. The van der Waals surface area contributed by atoms with Crippen molar-refractivity contribution >= 4 is 0 Å². The fourth-order valence-electron chi connectivity index (χ4n) is 0.686. The molecule has 1 aliphatic rings. The second-order valence-corrected chi connectivity index (χ2v) is 1.99. The van der Waals surface area contributed by atoms with Gasteiger partial charge in [-0.05, 0) is 12.2 Å². The zero-order valence-electron chi connectivity index (χ0n) is 6.16. The highest BCUT2D eigenvalue weighted by molar-refractivity contribution is 5.17. The van der Waals surface area contributed by atoms with Crippen LogP contribution in [0.1, 0.15) is 0 Å². The summed E-state index contributed by atoms with van der Waals surface area (Å²) < 4.78 is 5.11. The average molecular weight is 153 g/mol. The molecule has 0 atom stereocenters. The van der Waals surface area contributed by atoms with Gasteiger partial charge in [-0.1, -0.05) is 12.2 Å². The van der Waals surface area contributed by atoms with E-state index in [1.165, 1.54) is 0 Å². The van der Waals surface area contributed by atoms with Crippen molar-refractivity contribution in [1.29, 1.82) is 0 Å². The second kappa shape index (κ2) is 4.57. The van der Waals surface area contributed by atoms with E-state index in [0.717, 1.165) is 0 Å². The molecule has 0 amide bonds. The van der Waals surface area contributed by atoms with Crippen LogP contribution < -0.4 is 5.32 Å². The molecule has 0 aromatic carbocycles. The van der Waals surface area contributed by atoms with Crippen molar-refractivity contribution in [3.05, 3.63) is 36.4 Å². The number of nitrogens with one attached hydrogen (secondary N) is 1. The topological polar surface area (TPSA) is 41.5 Å². The summed E-state index contributed by atoms with van der Waals surface area (Å²) in [5, 5.41) is 11.4. The Labute approximate surface area is 65.7 Å². The smallest absolute Gasteiger partial charge is 0.190 e. The monoisotopic (exact) mass is 153 g/mol. The van der Waals surface area contributed by atoms with Crippen LogP contribution in [0.4, 0.5) is 0 Å².